The summed E-state index contributed by atoms with van der Waals surface area (Å²) in [6.45, 7) is 3.71. The van der Waals surface area contributed by atoms with Gasteiger partial charge in [0, 0.05) is 17.3 Å². The Bertz CT molecular complexity index is 1240. The smallest absolute Gasteiger partial charge is 0.276 e. The van der Waals surface area contributed by atoms with Gasteiger partial charge in [0.1, 0.15) is 12.4 Å². The zero-order chi connectivity index (χ0) is 19.1. The minimum atomic E-state index is -0.419. The molecule has 0 aliphatic carbocycles. The van der Waals surface area contributed by atoms with Gasteiger partial charge in [-0.1, -0.05) is 6.07 Å². The number of pyridine rings is 1. The van der Waals surface area contributed by atoms with Crippen molar-refractivity contribution < 1.29 is 9.18 Å². The van der Waals surface area contributed by atoms with E-state index < -0.39 is 5.82 Å². The van der Waals surface area contributed by atoms with Crippen LogP contribution in [0.5, 0.6) is 0 Å². The van der Waals surface area contributed by atoms with Crippen molar-refractivity contribution in [2.45, 2.75) is 20.4 Å². The summed E-state index contributed by atoms with van der Waals surface area (Å²) >= 11 is 0. The number of aryl methyl sites for hydroxylation is 2. The van der Waals surface area contributed by atoms with Crippen LogP contribution in [0.3, 0.4) is 0 Å². The van der Waals surface area contributed by atoms with Gasteiger partial charge in [0.05, 0.1) is 16.4 Å². The van der Waals surface area contributed by atoms with Crippen molar-refractivity contribution in [1.82, 2.24) is 14.8 Å². The zero-order valence-corrected chi connectivity index (χ0v) is 14.8. The number of anilines is 1. The molecule has 0 aliphatic rings. The highest BCUT2D eigenvalue weighted by Gasteiger charge is 2.14. The number of nitrogens with zero attached hydrogens (tertiary/aromatic N) is 2. The lowest BCUT2D eigenvalue weighted by Crippen LogP contribution is -2.26. The minimum absolute atomic E-state index is 0.183. The van der Waals surface area contributed by atoms with Gasteiger partial charge in [-0.05, 0) is 55.3 Å². The lowest BCUT2D eigenvalue weighted by atomic mass is 10.1. The van der Waals surface area contributed by atoms with Crippen molar-refractivity contribution in [3.8, 4) is 0 Å². The number of aromatic nitrogens is 3. The molecule has 0 unspecified atom stereocenters. The quantitative estimate of drug-likeness (QED) is 0.585. The number of H-pyrrole nitrogens is 1. The fourth-order valence-electron chi connectivity index (χ4n) is 3.28. The van der Waals surface area contributed by atoms with Crippen molar-refractivity contribution >= 4 is 33.4 Å². The average Bonchev–Trinajstić information content (AvgIpc) is 2.90. The highest BCUT2D eigenvalue weighted by Crippen LogP contribution is 2.21. The Kier molecular flexibility index (Phi) is 3.99. The summed E-state index contributed by atoms with van der Waals surface area (Å²) in [6, 6.07) is 9.91. The lowest BCUT2D eigenvalue weighted by molar-refractivity contribution is -0.116. The normalized spacial score (nSPS) is 11.2. The number of halogens is 1. The molecule has 1 amide bonds. The van der Waals surface area contributed by atoms with Gasteiger partial charge in [0.15, 0.2) is 0 Å². The highest BCUT2D eigenvalue weighted by molar-refractivity contribution is 6.02. The van der Waals surface area contributed by atoms with Gasteiger partial charge in [-0.3, -0.25) is 19.7 Å². The number of fused-ring (bicyclic) bond motifs is 3. The van der Waals surface area contributed by atoms with Gasteiger partial charge >= 0.3 is 0 Å². The second kappa shape index (κ2) is 6.35. The van der Waals surface area contributed by atoms with Gasteiger partial charge in [-0.25, -0.2) is 9.07 Å². The van der Waals surface area contributed by atoms with Crippen molar-refractivity contribution in [3.05, 3.63) is 69.9 Å². The molecule has 0 bridgehead atoms. The second-order valence-corrected chi connectivity index (χ2v) is 6.64. The van der Waals surface area contributed by atoms with Crippen LogP contribution in [0.1, 0.15) is 11.1 Å². The third-order valence-corrected chi connectivity index (χ3v) is 4.36. The van der Waals surface area contributed by atoms with Crippen LogP contribution in [-0.4, -0.2) is 20.7 Å². The van der Waals surface area contributed by atoms with E-state index in [0.29, 0.717) is 27.5 Å². The predicted octanol–water partition coefficient (Wildman–Crippen LogP) is 3.27. The summed E-state index contributed by atoms with van der Waals surface area (Å²) in [5.41, 5.74) is 3.40. The van der Waals surface area contributed by atoms with Crippen molar-refractivity contribution in [2.24, 2.45) is 0 Å². The molecule has 0 saturated heterocycles. The molecule has 7 heteroatoms. The summed E-state index contributed by atoms with van der Waals surface area (Å²) in [6.07, 6.45) is 1.44. The largest absolute Gasteiger partial charge is 0.324 e. The number of carbonyl (C=O) groups is 1. The number of aromatic amines is 1. The number of hydrogen-bond acceptors (Lipinski definition) is 3. The number of rotatable bonds is 3. The fraction of sp³-hybridized carbons (Fsp3) is 0.150. The number of carbonyl (C=O) groups excluding carboxylic acids is 1. The molecular formula is C20H17FN4O2. The topological polar surface area (TPSA) is 79.8 Å². The molecule has 4 aromatic rings. The molecule has 2 heterocycles. The van der Waals surface area contributed by atoms with Crippen molar-refractivity contribution in [1.29, 1.82) is 0 Å². The summed E-state index contributed by atoms with van der Waals surface area (Å²) in [5.74, 6) is -0.755. The van der Waals surface area contributed by atoms with Crippen LogP contribution in [0.25, 0.3) is 21.8 Å². The zero-order valence-electron chi connectivity index (χ0n) is 14.8. The van der Waals surface area contributed by atoms with E-state index in [0.717, 1.165) is 11.1 Å². The molecular weight excluding hydrogens is 347 g/mol. The second-order valence-electron chi connectivity index (χ2n) is 6.64. The predicted molar refractivity (Wildman–Crippen MR) is 102 cm³/mol. The Hall–Kier alpha value is -3.48. The number of nitrogens with one attached hydrogen (secondary N) is 2. The van der Waals surface area contributed by atoms with Gasteiger partial charge < -0.3 is 5.32 Å². The van der Waals surface area contributed by atoms with Crippen LogP contribution in [0, 0.1) is 19.7 Å². The van der Waals surface area contributed by atoms with E-state index in [-0.39, 0.29) is 18.0 Å². The Morgan fingerprint density at radius 1 is 1.15 bits per heavy atom. The molecule has 27 heavy (non-hydrogen) atoms. The monoisotopic (exact) mass is 364 g/mol. The number of amides is 1. The van der Waals surface area contributed by atoms with E-state index in [1.54, 1.807) is 6.07 Å². The standard InChI is InChI=1S/C20H17FN4O2/c1-11-5-12(2)7-14(6-11)23-18(26)10-25-20(27)16-9-22-17-4-3-13(21)8-15(17)19(16)24-25/h3-9,24H,10H2,1-2H3,(H,23,26). The van der Waals surface area contributed by atoms with E-state index in [4.69, 9.17) is 0 Å². The molecule has 4 rings (SSSR count). The first kappa shape index (κ1) is 17.0. The molecule has 2 aromatic carbocycles. The molecule has 0 atom stereocenters. The first-order chi connectivity index (χ1) is 12.9. The maximum atomic E-state index is 13.6. The molecule has 0 radical (unpaired) electrons. The van der Waals surface area contributed by atoms with Crippen LogP contribution < -0.4 is 10.9 Å². The molecule has 0 fully saturated rings. The molecule has 0 aliphatic heterocycles. The highest BCUT2D eigenvalue weighted by atomic mass is 19.1. The molecule has 0 spiro atoms. The SMILES string of the molecule is Cc1cc(C)cc(NC(=O)Cn2[nH]c3c(cnc4ccc(F)cc43)c2=O)c1. The molecule has 6 nitrogen and oxygen atoms in total. The van der Waals surface area contributed by atoms with Crippen LogP contribution in [0.15, 0.2) is 47.4 Å². The fourth-order valence-corrected chi connectivity index (χ4v) is 3.28. The first-order valence-electron chi connectivity index (χ1n) is 8.45. The van der Waals surface area contributed by atoms with Crippen molar-refractivity contribution in [2.75, 3.05) is 5.32 Å². The molecule has 2 N–H and O–H groups in total. The first-order valence-corrected chi connectivity index (χ1v) is 8.45. The Labute approximate surface area is 153 Å². The van der Waals surface area contributed by atoms with Gasteiger partial charge in [-0.15, -0.1) is 0 Å². The van der Waals surface area contributed by atoms with Gasteiger partial charge in [0.25, 0.3) is 5.56 Å². The van der Waals surface area contributed by atoms with Crippen molar-refractivity contribution in [3.63, 3.8) is 0 Å². The minimum Gasteiger partial charge on any atom is -0.324 e. The van der Waals surface area contributed by atoms with Gasteiger partial charge in [-0.2, -0.15) is 0 Å². The number of benzene rings is 2. The summed E-state index contributed by atoms with van der Waals surface area (Å²) in [4.78, 5) is 29.1. The van der Waals surface area contributed by atoms with E-state index in [2.05, 4.69) is 15.4 Å². The average molecular weight is 364 g/mol. The molecule has 136 valence electrons. The van der Waals surface area contributed by atoms with Crippen LogP contribution >= 0.6 is 0 Å². The van der Waals surface area contributed by atoms with Crippen LogP contribution in [0.4, 0.5) is 10.1 Å². The Balaban J connectivity index is 1.68. The Morgan fingerprint density at radius 3 is 2.63 bits per heavy atom. The summed E-state index contributed by atoms with van der Waals surface area (Å²) < 4.78 is 14.8. The van der Waals surface area contributed by atoms with E-state index in [9.17, 15) is 14.0 Å². The van der Waals surface area contributed by atoms with Crippen LogP contribution in [0.2, 0.25) is 0 Å². The molecule has 0 saturated carbocycles. The third kappa shape index (κ3) is 3.19. The van der Waals surface area contributed by atoms with Gasteiger partial charge in [0.2, 0.25) is 5.91 Å². The molecule has 2 aromatic heterocycles. The maximum absolute atomic E-state index is 13.6. The summed E-state index contributed by atoms with van der Waals surface area (Å²) in [5, 5.41) is 6.52. The maximum Gasteiger partial charge on any atom is 0.276 e. The van der Waals surface area contributed by atoms with Crippen LogP contribution in [-0.2, 0) is 11.3 Å². The Morgan fingerprint density at radius 2 is 1.89 bits per heavy atom. The lowest BCUT2D eigenvalue weighted by Gasteiger charge is -2.07. The summed E-state index contributed by atoms with van der Waals surface area (Å²) in [7, 11) is 0. The van der Waals surface area contributed by atoms with E-state index in [1.807, 2.05) is 32.0 Å². The number of hydrogen-bond donors (Lipinski definition) is 2. The van der Waals surface area contributed by atoms with E-state index in [1.165, 1.54) is 23.0 Å². The third-order valence-electron chi connectivity index (χ3n) is 4.36. The van der Waals surface area contributed by atoms with E-state index >= 15 is 0 Å².